The maximum atomic E-state index is 11.5. The van der Waals surface area contributed by atoms with Gasteiger partial charge in [0.1, 0.15) is 0 Å². The van der Waals surface area contributed by atoms with Crippen LogP contribution >= 0.6 is 0 Å². The third-order valence-corrected chi connectivity index (χ3v) is 2.53. The van der Waals surface area contributed by atoms with Crippen LogP contribution in [0.4, 0.5) is 0 Å². The molecule has 2 atom stereocenters. The van der Waals surface area contributed by atoms with Gasteiger partial charge in [-0.3, -0.25) is 9.59 Å². The Morgan fingerprint density at radius 2 is 2.40 bits per heavy atom. The van der Waals surface area contributed by atoms with Gasteiger partial charge in [-0.25, -0.2) is 0 Å². The molecule has 0 bridgehead atoms. The first-order valence-electron chi connectivity index (χ1n) is 5.11. The highest BCUT2D eigenvalue weighted by atomic mass is 16.5. The van der Waals surface area contributed by atoms with Crippen molar-refractivity contribution in [2.24, 2.45) is 5.92 Å². The molecule has 1 aliphatic carbocycles. The third kappa shape index (κ3) is 2.65. The van der Waals surface area contributed by atoms with Crippen LogP contribution < -0.4 is 0 Å². The molecule has 0 aromatic rings. The number of carbonyl (C=O) groups excluding carboxylic acids is 2. The van der Waals surface area contributed by atoms with E-state index in [2.05, 4.69) is 4.74 Å². The highest BCUT2D eigenvalue weighted by molar-refractivity contribution is 6.02. The molecule has 0 saturated carbocycles. The van der Waals surface area contributed by atoms with E-state index >= 15 is 0 Å². The van der Waals surface area contributed by atoms with E-state index in [1.54, 1.807) is 0 Å². The molecular formula is C11H16O4. The lowest BCUT2D eigenvalue weighted by atomic mass is 9.93. The van der Waals surface area contributed by atoms with Gasteiger partial charge in [0.25, 0.3) is 0 Å². The van der Waals surface area contributed by atoms with Crippen molar-refractivity contribution in [3.05, 3.63) is 11.6 Å². The van der Waals surface area contributed by atoms with Gasteiger partial charge in [0.2, 0.25) is 0 Å². The van der Waals surface area contributed by atoms with Crippen LogP contribution in [0.2, 0.25) is 0 Å². The summed E-state index contributed by atoms with van der Waals surface area (Å²) in [5, 5.41) is 9.29. The molecule has 1 rings (SSSR count). The molecule has 4 heteroatoms. The van der Waals surface area contributed by atoms with Crippen LogP contribution in [0.1, 0.15) is 26.2 Å². The lowest BCUT2D eigenvalue weighted by molar-refractivity contribution is -0.145. The fourth-order valence-corrected chi connectivity index (χ4v) is 1.81. The number of aliphatic hydroxyl groups is 1. The Morgan fingerprint density at radius 1 is 1.73 bits per heavy atom. The summed E-state index contributed by atoms with van der Waals surface area (Å²) in [5.74, 6) is -1.05. The van der Waals surface area contributed by atoms with Crippen LogP contribution in [0.15, 0.2) is 11.6 Å². The molecule has 1 aliphatic rings. The Morgan fingerprint density at radius 3 is 2.80 bits per heavy atom. The number of carbonyl (C=O) groups is 2. The van der Waals surface area contributed by atoms with Crippen LogP contribution in [-0.2, 0) is 14.3 Å². The summed E-state index contributed by atoms with van der Waals surface area (Å²) >= 11 is 0. The van der Waals surface area contributed by atoms with Gasteiger partial charge in [-0.1, -0.05) is 13.3 Å². The van der Waals surface area contributed by atoms with Gasteiger partial charge in [-0.15, -0.1) is 0 Å². The first kappa shape index (κ1) is 11.9. The zero-order chi connectivity index (χ0) is 11.4. The van der Waals surface area contributed by atoms with Crippen molar-refractivity contribution in [1.29, 1.82) is 0 Å². The molecular weight excluding hydrogens is 196 g/mol. The molecule has 2 unspecified atom stereocenters. The van der Waals surface area contributed by atoms with Gasteiger partial charge in [0.05, 0.1) is 19.1 Å². The van der Waals surface area contributed by atoms with Crippen LogP contribution in [0.3, 0.4) is 0 Å². The van der Waals surface area contributed by atoms with Gasteiger partial charge < -0.3 is 9.84 Å². The van der Waals surface area contributed by atoms with Crippen LogP contribution in [0, 0.1) is 5.92 Å². The van der Waals surface area contributed by atoms with E-state index in [0.29, 0.717) is 12.0 Å². The molecule has 0 heterocycles. The van der Waals surface area contributed by atoms with E-state index in [1.807, 2.05) is 6.92 Å². The number of hydrogen-bond acceptors (Lipinski definition) is 4. The number of rotatable bonds is 4. The van der Waals surface area contributed by atoms with Crippen molar-refractivity contribution in [3.8, 4) is 0 Å². The number of ether oxygens (including phenoxy) is 1. The van der Waals surface area contributed by atoms with E-state index in [4.69, 9.17) is 0 Å². The van der Waals surface area contributed by atoms with E-state index in [1.165, 1.54) is 13.2 Å². The Balaban J connectivity index is 2.84. The third-order valence-electron chi connectivity index (χ3n) is 2.53. The standard InChI is InChI=1S/C11H16O4/c1-3-4-8(11(14)15-2)9-5-7(12)6-10(9)13/h5,7-8,12H,3-4,6H2,1-2H3. The fourth-order valence-electron chi connectivity index (χ4n) is 1.81. The molecule has 0 radical (unpaired) electrons. The second-order valence-corrected chi connectivity index (χ2v) is 3.68. The molecule has 0 spiro atoms. The Bertz CT molecular complexity index is 293. The van der Waals surface area contributed by atoms with Gasteiger partial charge in [-0.2, -0.15) is 0 Å². The second kappa shape index (κ2) is 5.07. The molecule has 84 valence electrons. The fraction of sp³-hybridized carbons (Fsp3) is 0.636. The molecule has 4 nitrogen and oxygen atoms in total. The highest BCUT2D eigenvalue weighted by Gasteiger charge is 2.32. The summed E-state index contributed by atoms with van der Waals surface area (Å²) in [6.07, 6.45) is 2.19. The molecule has 0 aromatic heterocycles. The van der Waals surface area contributed by atoms with E-state index in [0.717, 1.165) is 6.42 Å². The van der Waals surface area contributed by atoms with E-state index < -0.39 is 18.0 Å². The maximum absolute atomic E-state index is 11.5. The number of Topliss-reactive ketones (excluding diaryl/α,β-unsaturated/α-hetero) is 1. The molecule has 0 fully saturated rings. The van der Waals surface area contributed by atoms with Crippen molar-refractivity contribution in [3.63, 3.8) is 0 Å². The van der Waals surface area contributed by atoms with Crippen LogP contribution in [-0.4, -0.2) is 30.1 Å². The predicted octanol–water partition coefficient (Wildman–Crippen LogP) is 0.836. The Kier molecular flexibility index (Phi) is 4.03. The molecule has 1 N–H and O–H groups in total. The van der Waals surface area contributed by atoms with Crippen molar-refractivity contribution in [2.45, 2.75) is 32.3 Å². The smallest absolute Gasteiger partial charge is 0.313 e. The first-order chi connectivity index (χ1) is 7.10. The summed E-state index contributed by atoms with van der Waals surface area (Å²) in [6, 6.07) is 0. The molecule has 0 amide bonds. The monoisotopic (exact) mass is 212 g/mol. The molecule has 0 saturated heterocycles. The van der Waals surface area contributed by atoms with E-state index in [-0.39, 0.29) is 12.2 Å². The van der Waals surface area contributed by atoms with Gasteiger partial charge in [0, 0.05) is 12.0 Å². The number of esters is 1. The van der Waals surface area contributed by atoms with Crippen molar-refractivity contribution in [2.75, 3.05) is 7.11 Å². The normalized spacial score (nSPS) is 22.5. The lowest BCUT2D eigenvalue weighted by Gasteiger charge is -2.13. The van der Waals surface area contributed by atoms with Crippen LogP contribution in [0.5, 0.6) is 0 Å². The number of aliphatic hydroxyl groups excluding tert-OH is 1. The minimum Gasteiger partial charge on any atom is -0.469 e. The lowest BCUT2D eigenvalue weighted by Crippen LogP contribution is -2.21. The average molecular weight is 212 g/mol. The molecule has 0 aromatic carbocycles. The zero-order valence-corrected chi connectivity index (χ0v) is 9.03. The second-order valence-electron chi connectivity index (χ2n) is 3.68. The van der Waals surface area contributed by atoms with Crippen molar-refractivity contribution >= 4 is 11.8 Å². The first-order valence-corrected chi connectivity index (χ1v) is 5.11. The Hall–Kier alpha value is -1.16. The van der Waals surface area contributed by atoms with Gasteiger partial charge in [-0.05, 0) is 12.5 Å². The zero-order valence-electron chi connectivity index (χ0n) is 9.03. The minimum atomic E-state index is -0.739. The SMILES string of the molecule is CCCC(C(=O)OC)C1=CC(O)CC1=O. The summed E-state index contributed by atoms with van der Waals surface area (Å²) in [5.41, 5.74) is 0.413. The summed E-state index contributed by atoms with van der Waals surface area (Å²) in [4.78, 5) is 22.9. The number of ketones is 1. The maximum Gasteiger partial charge on any atom is 0.313 e. The molecule has 15 heavy (non-hydrogen) atoms. The van der Waals surface area contributed by atoms with Crippen molar-refractivity contribution in [1.82, 2.24) is 0 Å². The minimum absolute atomic E-state index is 0.0898. The van der Waals surface area contributed by atoms with Crippen molar-refractivity contribution < 1.29 is 19.4 Å². The quantitative estimate of drug-likeness (QED) is 0.701. The van der Waals surface area contributed by atoms with E-state index in [9.17, 15) is 14.7 Å². The summed E-state index contributed by atoms with van der Waals surface area (Å²) in [6.45, 7) is 1.94. The Labute approximate surface area is 88.9 Å². The topological polar surface area (TPSA) is 63.6 Å². The largest absolute Gasteiger partial charge is 0.469 e. The molecule has 0 aliphatic heterocycles. The van der Waals surface area contributed by atoms with Gasteiger partial charge in [0.15, 0.2) is 5.78 Å². The summed E-state index contributed by atoms with van der Waals surface area (Å²) < 4.78 is 4.65. The number of hydrogen-bond donors (Lipinski definition) is 1. The number of methoxy groups -OCH3 is 1. The predicted molar refractivity (Wildman–Crippen MR) is 54.1 cm³/mol. The van der Waals surface area contributed by atoms with Crippen LogP contribution in [0.25, 0.3) is 0 Å². The van der Waals surface area contributed by atoms with Gasteiger partial charge >= 0.3 is 5.97 Å². The highest BCUT2D eigenvalue weighted by Crippen LogP contribution is 2.26. The average Bonchev–Trinajstić information content (AvgIpc) is 2.53. The summed E-state index contributed by atoms with van der Waals surface area (Å²) in [7, 11) is 1.31.